The lowest BCUT2D eigenvalue weighted by atomic mass is 9.67. The van der Waals surface area contributed by atoms with Gasteiger partial charge in [-0.15, -0.1) is 0 Å². The van der Waals surface area contributed by atoms with E-state index in [4.69, 9.17) is 40.7 Å². The maximum Gasteiger partial charge on any atom is 0.474 e. The number of aliphatic hydroxyl groups excluding tert-OH is 1. The number of rotatable bonds is 32. The van der Waals surface area contributed by atoms with E-state index in [0.29, 0.717) is 19.3 Å². The molecule has 564 valence electrons. The molecule has 102 heavy (non-hydrogen) atoms. The molecule has 0 bridgehead atoms. The molecule has 13 nitrogen and oxygen atoms in total. The fraction of sp³-hybridized carbons (Fsp3) is 0.488. The second kappa shape index (κ2) is 42.6. The average molecular weight is 1460 g/mol. The second-order valence-corrected chi connectivity index (χ2v) is 35.6. The van der Waals surface area contributed by atoms with Crippen LogP contribution in [0.4, 0.5) is 0 Å². The molecule has 4 aliphatic rings. The quantitative estimate of drug-likeness (QED) is 0.0386. The van der Waals surface area contributed by atoms with Crippen molar-refractivity contribution >= 4 is 23.5 Å². The SMILES string of the molecule is COP(=O)(OC)OC1C=C(C)C(/C=C/C(C)=C/C=C/C(C)=C/C=C/C=C(C)/C=C/C=C(C)/C=C/C2=C(C)CC(O)CC2(C)C)C(C)(C)C1.COP(=O)(OC)OC1C=C(C)C(/C=C/C(C)=C/C=C/C(C)=C/C=C/C=C(C)/C=C/C=C(C)/C=C/C2=C(C)CC(OP(=O)(OC)OC)CC2(C)C)C(C)(C)C1. The normalized spacial score (nSPS) is 24.5. The van der Waals surface area contributed by atoms with Gasteiger partial charge in [0.25, 0.3) is 0 Å². The fourth-order valence-corrected chi connectivity index (χ4v) is 15.8. The van der Waals surface area contributed by atoms with Gasteiger partial charge in [0.2, 0.25) is 0 Å². The highest BCUT2D eigenvalue weighted by Gasteiger charge is 2.42. The minimum absolute atomic E-state index is 0.00604. The van der Waals surface area contributed by atoms with Crippen LogP contribution in [-0.4, -0.2) is 72.2 Å². The van der Waals surface area contributed by atoms with Gasteiger partial charge in [0, 0.05) is 54.5 Å². The van der Waals surface area contributed by atoms with Crippen LogP contribution in [0.3, 0.4) is 0 Å². The van der Waals surface area contributed by atoms with Crippen molar-refractivity contribution in [2.45, 2.75) is 201 Å². The summed E-state index contributed by atoms with van der Waals surface area (Å²) >= 11 is 0. The molecule has 4 rings (SSSR count). The van der Waals surface area contributed by atoms with Crippen LogP contribution in [0.15, 0.2) is 260 Å². The first-order chi connectivity index (χ1) is 47.6. The molecule has 0 aromatic heterocycles. The molecule has 0 radical (unpaired) electrons. The molecule has 16 heteroatoms. The Morgan fingerprint density at radius 1 is 0.382 bits per heavy atom. The van der Waals surface area contributed by atoms with E-state index in [1.165, 1.54) is 87.2 Å². The molecular formula is C86H127O13P3. The Balaban J connectivity index is 0.000000534. The van der Waals surface area contributed by atoms with Gasteiger partial charge >= 0.3 is 23.5 Å². The van der Waals surface area contributed by atoms with E-state index in [2.05, 4.69) is 296 Å². The van der Waals surface area contributed by atoms with Gasteiger partial charge in [0.1, 0.15) is 0 Å². The number of phosphoric acid groups is 3. The van der Waals surface area contributed by atoms with Crippen LogP contribution in [0.2, 0.25) is 0 Å². The molecule has 0 aliphatic heterocycles. The van der Waals surface area contributed by atoms with E-state index in [1.54, 1.807) is 0 Å². The van der Waals surface area contributed by atoms with Crippen molar-refractivity contribution < 1.29 is 59.5 Å². The van der Waals surface area contributed by atoms with Gasteiger partial charge in [0.05, 0.1) is 24.4 Å². The summed E-state index contributed by atoms with van der Waals surface area (Å²) < 4.78 is 84.5. The molecule has 1 N–H and O–H groups in total. The lowest BCUT2D eigenvalue weighted by molar-refractivity contribution is 0.0762. The van der Waals surface area contributed by atoms with Crippen LogP contribution in [0.1, 0.15) is 177 Å². The van der Waals surface area contributed by atoms with Crippen molar-refractivity contribution in [3.8, 4) is 0 Å². The van der Waals surface area contributed by atoms with E-state index in [9.17, 15) is 18.8 Å². The Morgan fingerprint density at radius 3 is 0.951 bits per heavy atom. The van der Waals surface area contributed by atoms with Gasteiger partial charge in [-0.1, -0.05) is 305 Å². The molecule has 0 fully saturated rings. The minimum atomic E-state index is -3.55. The average Bonchev–Trinajstić information content (AvgIpc) is 0.809. The highest BCUT2D eigenvalue weighted by atomic mass is 31.2. The Labute approximate surface area is 617 Å². The molecule has 0 heterocycles. The summed E-state index contributed by atoms with van der Waals surface area (Å²) in [6.07, 6.45) is 66.6. The first-order valence-corrected chi connectivity index (χ1v) is 39.8. The maximum atomic E-state index is 12.5. The van der Waals surface area contributed by atoms with Gasteiger partial charge in [-0.05, 0) is 154 Å². The molecule has 0 aromatic carbocycles. The molecular weight excluding hydrogens is 1330 g/mol. The Morgan fingerprint density at radius 2 is 0.657 bits per heavy atom. The van der Waals surface area contributed by atoms with E-state index in [1.807, 2.05) is 24.3 Å². The predicted molar refractivity (Wildman–Crippen MR) is 430 cm³/mol. The molecule has 6 unspecified atom stereocenters. The number of allylic oxidation sites excluding steroid dienone is 40. The molecule has 0 aromatic rings. The van der Waals surface area contributed by atoms with Gasteiger partial charge < -0.3 is 5.11 Å². The van der Waals surface area contributed by atoms with Crippen LogP contribution < -0.4 is 0 Å². The zero-order valence-corrected chi connectivity index (χ0v) is 69.4. The van der Waals surface area contributed by atoms with Crippen molar-refractivity contribution in [2.75, 3.05) is 42.7 Å². The Kier molecular flexibility index (Phi) is 38.0. The van der Waals surface area contributed by atoms with E-state index in [0.717, 1.165) is 52.7 Å². The third-order valence-electron chi connectivity index (χ3n) is 18.8. The molecule has 6 atom stereocenters. The van der Waals surface area contributed by atoms with Crippen molar-refractivity contribution in [2.24, 2.45) is 33.5 Å². The summed E-state index contributed by atoms with van der Waals surface area (Å²) in [5.41, 5.74) is 16.4. The minimum Gasteiger partial charge on any atom is -0.393 e. The molecule has 0 amide bonds. The smallest absolute Gasteiger partial charge is 0.393 e. The standard InChI is InChI=1S/C44H66O8P2.C42H61O5P/c1-33(21-17-23-35(3)25-27-41-37(5)29-39(31-43(41,7)8)51-53(45,47-11)48-12)19-15-16-20-34(2)22-18-24-36(4)26-28-42-38(6)30-40(32-44(42,9)10)52-54(46,49-13)50-14;1-31(19-15-21-33(3)23-25-39-35(5)27-37(43)29-41(39,7)8)17-13-14-18-32(2)20-16-22-34(4)24-26-40-36(6)28-38(30-42(40,9)10)47-48(44,45-11)46-12/h15-29,39-41H,30-32H2,1-14H3;13-26,28,37-38,40,43H,27,29-30H2,1-12H3/b16-15+,21-17+,22-18+,27-25+,28-26+,33-19+,34-20+,35-23+,36-24+;14-13+,19-15+,20-16+,25-23+,26-24+,31-17+,32-18+,33-21+,34-22+. The third kappa shape index (κ3) is 31.7. The lowest BCUT2D eigenvalue weighted by Gasteiger charge is -2.40. The fourth-order valence-electron chi connectivity index (χ4n) is 13.4. The Bertz CT molecular complexity index is 3680. The van der Waals surface area contributed by atoms with Crippen LogP contribution >= 0.6 is 23.5 Å². The van der Waals surface area contributed by atoms with Crippen LogP contribution in [0.5, 0.6) is 0 Å². The third-order valence-corrected chi connectivity index (χ3v) is 23.1. The number of aliphatic hydroxyl groups is 1. The number of hydrogen-bond donors (Lipinski definition) is 1. The van der Waals surface area contributed by atoms with E-state index < -0.39 is 23.5 Å². The van der Waals surface area contributed by atoms with Crippen molar-refractivity contribution in [1.29, 1.82) is 0 Å². The monoisotopic (exact) mass is 1460 g/mol. The van der Waals surface area contributed by atoms with Crippen molar-refractivity contribution in [3.05, 3.63) is 260 Å². The Hall–Kier alpha value is -5.43. The van der Waals surface area contributed by atoms with E-state index >= 15 is 0 Å². The summed E-state index contributed by atoms with van der Waals surface area (Å²) in [6, 6.07) is 0. The summed E-state index contributed by atoms with van der Waals surface area (Å²) in [4.78, 5) is 0. The van der Waals surface area contributed by atoms with Crippen molar-refractivity contribution in [3.63, 3.8) is 0 Å². The zero-order valence-electron chi connectivity index (χ0n) is 66.7. The number of hydrogen-bond acceptors (Lipinski definition) is 13. The largest absolute Gasteiger partial charge is 0.474 e. The first kappa shape index (κ1) is 90.8. The van der Waals surface area contributed by atoms with Crippen LogP contribution in [-0.2, 0) is 54.4 Å². The van der Waals surface area contributed by atoms with Gasteiger partial charge in [-0.3, -0.25) is 40.7 Å². The maximum absolute atomic E-state index is 12.5. The molecule has 4 aliphatic carbocycles. The number of phosphoric ester groups is 3. The molecule has 0 spiro atoms. The highest BCUT2D eigenvalue weighted by molar-refractivity contribution is 7.49. The lowest BCUT2D eigenvalue weighted by Crippen LogP contribution is -2.33. The van der Waals surface area contributed by atoms with Gasteiger partial charge in [-0.25, -0.2) is 13.7 Å². The van der Waals surface area contributed by atoms with Gasteiger partial charge in [0.15, 0.2) is 0 Å². The predicted octanol–water partition coefficient (Wildman–Crippen LogP) is 25.1. The topological polar surface area (TPSA) is 155 Å². The molecule has 0 saturated heterocycles. The second-order valence-electron chi connectivity index (χ2n) is 30.1. The highest BCUT2D eigenvalue weighted by Crippen LogP contribution is 2.56. The van der Waals surface area contributed by atoms with Crippen LogP contribution in [0, 0.1) is 33.5 Å². The summed E-state index contributed by atoms with van der Waals surface area (Å²) in [7, 11) is -2.60. The van der Waals surface area contributed by atoms with Crippen molar-refractivity contribution in [1.82, 2.24) is 0 Å². The van der Waals surface area contributed by atoms with Gasteiger partial charge in [-0.2, -0.15) is 0 Å². The first-order valence-electron chi connectivity index (χ1n) is 35.4. The van der Waals surface area contributed by atoms with Crippen LogP contribution in [0.25, 0.3) is 0 Å². The summed E-state index contributed by atoms with van der Waals surface area (Å²) in [5.74, 6) is 0.464. The van der Waals surface area contributed by atoms with E-state index in [-0.39, 0.29) is 57.9 Å². The summed E-state index contributed by atoms with van der Waals surface area (Å²) in [5, 5.41) is 10.1. The molecule has 0 saturated carbocycles. The zero-order chi connectivity index (χ0) is 76.9. The summed E-state index contributed by atoms with van der Waals surface area (Å²) in [6.45, 7) is 42.8.